The van der Waals surface area contributed by atoms with E-state index < -0.39 is 0 Å². The van der Waals surface area contributed by atoms with Gasteiger partial charge in [0.2, 0.25) is 0 Å². The number of azo groups is 1. The lowest BCUT2D eigenvalue weighted by atomic mass is 10.3. The number of benzene rings is 2. The minimum Gasteiger partial charge on any atom is -0.494 e. The summed E-state index contributed by atoms with van der Waals surface area (Å²) < 4.78 is 5.34. The summed E-state index contributed by atoms with van der Waals surface area (Å²) >= 11 is 0. The molecule has 0 aliphatic carbocycles. The second-order valence-corrected chi connectivity index (χ2v) is 3.30. The van der Waals surface area contributed by atoms with Crippen LogP contribution in [0.3, 0.4) is 0 Å². The maximum Gasteiger partial charge on any atom is 0.119 e. The quantitative estimate of drug-likeness (QED) is 0.720. The molecule has 2 radical (unpaired) electrons. The molecule has 2 aromatic carbocycles. The van der Waals surface area contributed by atoms with E-state index in [1.807, 2.05) is 31.2 Å². The van der Waals surface area contributed by atoms with Gasteiger partial charge in [0.05, 0.1) is 18.0 Å². The van der Waals surface area contributed by atoms with Gasteiger partial charge in [-0.15, -0.1) is 5.11 Å². The lowest BCUT2D eigenvalue weighted by Crippen LogP contribution is -1.89. The van der Waals surface area contributed by atoms with Crippen molar-refractivity contribution in [1.82, 2.24) is 0 Å². The van der Waals surface area contributed by atoms with Crippen molar-refractivity contribution in [3.8, 4) is 5.75 Å². The highest BCUT2D eigenvalue weighted by molar-refractivity contribution is 5.42. The van der Waals surface area contributed by atoms with Crippen molar-refractivity contribution < 1.29 is 4.74 Å². The first kappa shape index (κ1) is 11.3. The molecular formula is C14H12N2O. The maximum atomic E-state index is 5.34. The third-order valence-corrected chi connectivity index (χ3v) is 2.06. The average Bonchev–Trinajstić information content (AvgIpc) is 2.40. The van der Waals surface area contributed by atoms with E-state index in [4.69, 9.17) is 4.74 Å². The van der Waals surface area contributed by atoms with Gasteiger partial charge >= 0.3 is 0 Å². The third-order valence-electron chi connectivity index (χ3n) is 2.06. The van der Waals surface area contributed by atoms with Crippen LogP contribution < -0.4 is 4.74 Å². The lowest BCUT2D eigenvalue weighted by Gasteiger charge is -2.01. The number of hydrogen-bond donors (Lipinski definition) is 0. The Bertz CT molecular complexity index is 477. The molecule has 2 rings (SSSR count). The van der Waals surface area contributed by atoms with E-state index in [0.717, 1.165) is 11.4 Å². The molecule has 0 aromatic heterocycles. The van der Waals surface area contributed by atoms with E-state index in [2.05, 4.69) is 22.4 Å². The van der Waals surface area contributed by atoms with Crippen molar-refractivity contribution >= 4 is 11.4 Å². The van der Waals surface area contributed by atoms with Crippen LogP contribution in [0.25, 0.3) is 0 Å². The van der Waals surface area contributed by atoms with E-state index in [-0.39, 0.29) is 0 Å². The van der Waals surface area contributed by atoms with Crippen molar-refractivity contribution in [3.05, 3.63) is 54.6 Å². The molecule has 0 unspecified atom stereocenters. The van der Waals surface area contributed by atoms with Crippen LogP contribution in [-0.2, 0) is 0 Å². The molecule has 0 N–H and O–H groups in total. The fourth-order valence-electron chi connectivity index (χ4n) is 1.29. The van der Waals surface area contributed by atoms with E-state index >= 15 is 0 Å². The van der Waals surface area contributed by atoms with Crippen molar-refractivity contribution in [2.75, 3.05) is 6.61 Å². The Balaban J connectivity index is 2.06. The third kappa shape index (κ3) is 3.41. The molecule has 0 aliphatic heterocycles. The first-order valence-corrected chi connectivity index (χ1v) is 5.41. The predicted octanol–water partition coefficient (Wildman–Crippen LogP) is 4.10. The highest BCUT2D eigenvalue weighted by Gasteiger charge is 1.93. The Labute approximate surface area is 101 Å². The normalized spacial score (nSPS) is 10.6. The Morgan fingerprint density at radius 2 is 1.94 bits per heavy atom. The number of ether oxygens (including phenoxy) is 1. The molecule has 0 heterocycles. The van der Waals surface area contributed by atoms with E-state index in [1.165, 1.54) is 0 Å². The van der Waals surface area contributed by atoms with Crippen LogP contribution in [0.1, 0.15) is 6.92 Å². The zero-order chi connectivity index (χ0) is 11.9. The van der Waals surface area contributed by atoms with E-state index in [0.29, 0.717) is 12.3 Å². The molecule has 2 aromatic rings. The highest BCUT2D eigenvalue weighted by atomic mass is 16.5. The number of nitrogens with zero attached hydrogens (tertiary/aromatic N) is 2. The van der Waals surface area contributed by atoms with Crippen LogP contribution in [-0.4, -0.2) is 6.61 Å². The molecule has 0 saturated heterocycles. The van der Waals surface area contributed by atoms with Crippen LogP contribution in [0, 0.1) is 12.1 Å². The van der Waals surface area contributed by atoms with Gasteiger partial charge in [0.1, 0.15) is 5.75 Å². The molecule has 0 aliphatic rings. The van der Waals surface area contributed by atoms with Gasteiger partial charge in [-0.1, -0.05) is 6.07 Å². The summed E-state index contributed by atoms with van der Waals surface area (Å²) in [5, 5.41) is 8.16. The minimum atomic E-state index is 0.663. The molecule has 0 bridgehead atoms. The summed E-state index contributed by atoms with van der Waals surface area (Å²) in [5.74, 6) is 0.840. The van der Waals surface area contributed by atoms with Crippen molar-refractivity contribution in [3.63, 3.8) is 0 Å². The summed E-state index contributed by atoms with van der Waals surface area (Å²) in [4.78, 5) is 0. The molecule has 0 saturated carbocycles. The Morgan fingerprint density at radius 1 is 1.12 bits per heavy atom. The van der Waals surface area contributed by atoms with Crippen LogP contribution in [0.5, 0.6) is 5.75 Å². The molecular weight excluding hydrogens is 212 g/mol. The zero-order valence-electron chi connectivity index (χ0n) is 9.55. The van der Waals surface area contributed by atoms with Crippen molar-refractivity contribution in [1.29, 1.82) is 0 Å². The highest BCUT2D eigenvalue weighted by Crippen LogP contribution is 2.20. The molecule has 0 fully saturated rings. The molecule has 84 valence electrons. The molecule has 3 heteroatoms. The van der Waals surface area contributed by atoms with Gasteiger partial charge in [0.15, 0.2) is 0 Å². The van der Waals surface area contributed by atoms with Crippen molar-refractivity contribution in [2.45, 2.75) is 6.92 Å². The predicted molar refractivity (Wildman–Crippen MR) is 65.9 cm³/mol. The maximum absolute atomic E-state index is 5.34. The number of rotatable bonds is 4. The van der Waals surface area contributed by atoms with Gasteiger partial charge in [-0.2, -0.15) is 5.11 Å². The van der Waals surface area contributed by atoms with Gasteiger partial charge in [0.25, 0.3) is 0 Å². The molecule has 0 atom stereocenters. The second-order valence-electron chi connectivity index (χ2n) is 3.30. The van der Waals surface area contributed by atoms with Gasteiger partial charge in [-0.25, -0.2) is 0 Å². The van der Waals surface area contributed by atoms with Gasteiger partial charge in [-0.05, 0) is 49.4 Å². The van der Waals surface area contributed by atoms with Crippen molar-refractivity contribution in [2.24, 2.45) is 10.2 Å². The summed E-state index contributed by atoms with van der Waals surface area (Å²) in [6, 6.07) is 18.6. The average molecular weight is 224 g/mol. The van der Waals surface area contributed by atoms with E-state index in [1.54, 1.807) is 18.2 Å². The standard InChI is InChI=1S/C14H12N2O/c1-2-17-14-10-8-13(9-11-14)16-15-12-6-4-3-5-7-12/h4-6,8-11H,2H2,1H3/b16-15+. The van der Waals surface area contributed by atoms with Crippen LogP contribution >= 0.6 is 0 Å². The lowest BCUT2D eigenvalue weighted by molar-refractivity contribution is 0.340. The van der Waals surface area contributed by atoms with Gasteiger partial charge in [-0.3, -0.25) is 0 Å². The van der Waals surface area contributed by atoms with Gasteiger partial charge in [0, 0.05) is 6.07 Å². The largest absolute Gasteiger partial charge is 0.494 e. The topological polar surface area (TPSA) is 34.0 Å². The Kier molecular flexibility index (Phi) is 3.86. The zero-order valence-corrected chi connectivity index (χ0v) is 9.55. The van der Waals surface area contributed by atoms with Gasteiger partial charge < -0.3 is 4.74 Å². The minimum absolute atomic E-state index is 0.663. The summed E-state index contributed by atoms with van der Waals surface area (Å²) in [6.45, 7) is 2.62. The first-order chi connectivity index (χ1) is 8.38. The molecule has 17 heavy (non-hydrogen) atoms. The van der Waals surface area contributed by atoms with Crippen LogP contribution in [0.4, 0.5) is 11.4 Å². The second kappa shape index (κ2) is 5.80. The summed E-state index contributed by atoms with van der Waals surface area (Å²) in [6.07, 6.45) is 0. The van der Waals surface area contributed by atoms with Crippen LogP contribution in [0.15, 0.2) is 52.7 Å². The van der Waals surface area contributed by atoms with Crippen LogP contribution in [0.2, 0.25) is 0 Å². The smallest absolute Gasteiger partial charge is 0.119 e. The van der Waals surface area contributed by atoms with E-state index in [9.17, 15) is 0 Å². The Morgan fingerprint density at radius 3 is 2.59 bits per heavy atom. The Hall–Kier alpha value is -2.16. The fourth-order valence-corrected chi connectivity index (χ4v) is 1.29. The molecule has 0 spiro atoms. The molecule has 3 nitrogen and oxygen atoms in total. The first-order valence-electron chi connectivity index (χ1n) is 5.41. The monoisotopic (exact) mass is 224 g/mol. The SMILES string of the molecule is CCOc1ccc(/N=N/c2[c]c[c]cc2)cc1. The summed E-state index contributed by atoms with van der Waals surface area (Å²) in [7, 11) is 0. The fraction of sp³-hybridized carbons (Fsp3) is 0.143. The number of hydrogen-bond acceptors (Lipinski definition) is 3. The molecule has 0 amide bonds. The summed E-state index contributed by atoms with van der Waals surface area (Å²) in [5.41, 5.74) is 1.48.